The molecule has 7 heteroatoms. The maximum atomic E-state index is 11.3. The number of hydrogen-bond acceptors (Lipinski definition) is 6. The second-order valence-electron chi connectivity index (χ2n) is 5.46. The molecule has 1 aliphatic heterocycles. The van der Waals surface area contributed by atoms with Crippen molar-refractivity contribution < 1.29 is 19.2 Å². The number of ether oxygens (including phenoxy) is 2. The molecule has 0 N–H and O–H groups in total. The van der Waals surface area contributed by atoms with Crippen LogP contribution in [-0.2, 0) is 6.54 Å². The number of benzene rings is 2. The maximum Gasteiger partial charge on any atom is 0.293 e. The topological polar surface area (TPSA) is 81.9 Å². The van der Waals surface area contributed by atoms with Gasteiger partial charge in [0.05, 0.1) is 4.92 Å². The largest absolute Gasteiger partial charge is 0.486 e. The molecule has 0 atom stereocenters. The molecule has 0 saturated heterocycles. The van der Waals surface area contributed by atoms with Gasteiger partial charge < -0.3 is 14.4 Å². The molecule has 1 aliphatic rings. The number of aldehydes is 1. The van der Waals surface area contributed by atoms with Crippen LogP contribution in [0.5, 0.6) is 11.5 Å². The molecule has 7 nitrogen and oxygen atoms in total. The molecule has 0 unspecified atom stereocenters. The van der Waals surface area contributed by atoms with Gasteiger partial charge in [0.2, 0.25) is 0 Å². The van der Waals surface area contributed by atoms with E-state index in [0.717, 1.165) is 5.56 Å². The standard InChI is InChI=1S/C17H16N2O5/c1-18(14-4-2-13(11-20)8-15(14)19(21)22)10-12-3-5-16-17(9-12)24-7-6-23-16/h2-5,8-9,11H,6-7,10H2,1H3. The molecule has 0 radical (unpaired) electrons. The molecule has 1 heterocycles. The average molecular weight is 328 g/mol. The van der Waals surface area contributed by atoms with Gasteiger partial charge in [-0.25, -0.2) is 0 Å². The summed E-state index contributed by atoms with van der Waals surface area (Å²) in [6.07, 6.45) is 0.595. The van der Waals surface area contributed by atoms with Crippen molar-refractivity contribution in [3.05, 3.63) is 57.6 Å². The molecule has 0 spiro atoms. The Morgan fingerprint density at radius 1 is 1.17 bits per heavy atom. The normalized spacial score (nSPS) is 12.5. The lowest BCUT2D eigenvalue weighted by Crippen LogP contribution is -2.19. The minimum absolute atomic E-state index is 0.0976. The van der Waals surface area contributed by atoms with Crippen LogP contribution in [0.3, 0.4) is 0 Å². The molecule has 0 aromatic heterocycles. The van der Waals surface area contributed by atoms with Crippen LogP contribution in [0.1, 0.15) is 15.9 Å². The fourth-order valence-corrected chi connectivity index (χ4v) is 2.63. The predicted octanol–water partition coefficient (Wildman–Crippen LogP) is 2.81. The van der Waals surface area contributed by atoms with Gasteiger partial charge in [-0.05, 0) is 29.8 Å². The van der Waals surface area contributed by atoms with Crippen molar-refractivity contribution in [2.75, 3.05) is 25.2 Å². The summed E-state index contributed by atoms with van der Waals surface area (Å²) in [5.74, 6) is 1.38. The summed E-state index contributed by atoms with van der Waals surface area (Å²) in [7, 11) is 1.76. The number of nitro groups is 1. The Balaban J connectivity index is 1.86. The Kier molecular flexibility index (Phi) is 4.33. The van der Waals surface area contributed by atoms with Crippen LogP contribution < -0.4 is 14.4 Å². The number of rotatable bonds is 5. The van der Waals surface area contributed by atoms with E-state index in [2.05, 4.69) is 0 Å². The van der Waals surface area contributed by atoms with Gasteiger partial charge in [-0.2, -0.15) is 0 Å². The van der Waals surface area contributed by atoms with E-state index in [9.17, 15) is 14.9 Å². The highest BCUT2D eigenvalue weighted by Gasteiger charge is 2.19. The Morgan fingerprint density at radius 2 is 1.92 bits per heavy atom. The van der Waals surface area contributed by atoms with E-state index >= 15 is 0 Å². The third-order valence-corrected chi connectivity index (χ3v) is 3.77. The zero-order chi connectivity index (χ0) is 17.1. The van der Waals surface area contributed by atoms with Crippen molar-refractivity contribution in [2.45, 2.75) is 6.54 Å². The zero-order valence-electron chi connectivity index (χ0n) is 13.1. The highest BCUT2D eigenvalue weighted by Crippen LogP contribution is 2.33. The monoisotopic (exact) mass is 328 g/mol. The Hall–Kier alpha value is -3.09. The van der Waals surface area contributed by atoms with Gasteiger partial charge in [-0.15, -0.1) is 0 Å². The van der Waals surface area contributed by atoms with E-state index < -0.39 is 4.92 Å². The van der Waals surface area contributed by atoms with Crippen LogP contribution in [0.4, 0.5) is 11.4 Å². The highest BCUT2D eigenvalue weighted by molar-refractivity contribution is 5.79. The molecule has 0 bridgehead atoms. The zero-order valence-corrected chi connectivity index (χ0v) is 13.1. The van der Waals surface area contributed by atoms with Gasteiger partial charge in [-0.3, -0.25) is 14.9 Å². The third-order valence-electron chi connectivity index (χ3n) is 3.77. The highest BCUT2D eigenvalue weighted by atomic mass is 16.6. The SMILES string of the molecule is CN(Cc1ccc2c(c1)OCCO2)c1ccc(C=O)cc1[N+](=O)[O-]. The van der Waals surface area contributed by atoms with Gasteiger partial charge in [-0.1, -0.05) is 6.07 Å². The van der Waals surface area contributed by atoms with Crippen LogP contribution in [0, 0.1) is 10.1 Å². The molecule has 0 amide bonds. The molecular formula is C17H16N2O5. The molecule has 124 valence electrons. The summed E-state index contributed by atoms with van der Waals surface area (Å²) in [6.45, 7) is 1.49. The number of carbonyl (C=O) groups is 1. The van der Waals surface area contributed by atoms with Gasteiger partial charge in [0.25, 0.3) is 5.69 Å². The van der Waals surface area contributed by atoms with E-state index in [1.807, 2.05) is 18.2 Å². The van der Waals surface area contributed by atoms with Crippen LogP contribution in [0.2, 0.25) is 0 Å². The Morgan fingerprint density at radius 3 is 2.62 bits per heavy atom. The van der Waals surface area contributed by atoms with Gasteiger partial charge in [0.1, 0.15) is 25.2 Å². The van der Waals surface area contributed by atoms with Crippen LogP contribution >= 0.6 is 0 Å². The Bertz CT molecular complexity index is 791. The first-order chi connectivity index (χ1) is 11.6. The molecule has 2 aromatic carbocycles. The third kappa shape index (κ3) is 3.15. The quantitative estimate of drug-likeness (QED) is 0.477. The van der Waals surface area contributed by atoms with Crippen molar-refractivity contribution in [1.82, 2.24) is 0 Å². The second-order valence-corrected chi connectivity index (χ2v) is 5.46. The van der Waals surface area contributed by atoms with E-state index in [4.69, 9.17) is 9.47 Å². The van der Waals surface area contributed by atoms with Gasteiger partial charge >= 0.3 is 0 Å². The van der Waals surface area contributed by atoms with Gasteiger partial charge in [0, 0.05) is 25.2 Å². The summed E-state index contributed by atoms with van der Waals surface area (Å²) in [4.78, 5) is 23.4. The molecule has 0 saturated carbocycles. The number of fused-ring (bicyclic) bond motifs is 1. The number of anilines is 1. The number of nitrogens with zero attached hydrogens (tertiary/aromatic N) is 2. The average Bonchev–Trinajstić information content (AvgIpc) is 2.61. The van der Waals surface area contributed by atoms with Gasteiger partial charge in [0.15, 0.2) is 11.5 Å². The summed E-state index contributed by atoms with van der Waals surface area (Å²) in [5.41, 5.74) is 1.56. The first-order valence-corrected chi connectivity index (χ1v) is 7.42. The van der Waals surface area contributed by atoms with Crippen LogP contribution in [0.15, 0.2) is 36.4 Å². The van der Waals surface area contributed by atoms with Crippen molar-refractivity contribution in [3.8, 4) is 11.5 Å². The van der Waals surface area contributed by atoms with Crippen molar-refractivity contribution in [1.29, 1.82) is 0 Å². The lowest BCUT2D eigenvalue weighted by Gasteiger charge is -2.22. The minimum Gasteiger partial charge on any atom is -0.486 e. The van der Waals surface area contributed by atoms with Crippen molar-refractivity contribution >= 4 is 17.7 Å². The second kappa shape index (κ2) is 6.57. The van der Waals surface area contributed by atoms with E-state index in [1.165, 1.54) is 6.07 Å². The fraction of sp³-hybridized carbons (Fsp3) is 0.235. The summed E-state index contributed by atoms with van der Waals surface area (Å²) in [5, 5.41) is 11.3. The maximum absolute atomic E-state index is 11.3. The minimum atomic E-state index is -0.483. The number of hydrogen-bond donors (Lipinski definition) is 0. The summed E-state index contributed by atoms with van der Waals surface area (Å²) in [6, 6.07) is 10.0. The molecule has 2 aromatic rings. The molecule has 3 rings (SSSR count). The summed E-state index contributed by atoms with van der Waals surface area (Å²) >= 11 is 0. The van der Waals surface area contributed by atoms with Crippen molar-refractivity contribution in [3.63, 3.8) is 0 Å². The van der Waals surface area contributed by atoms with Crippen LogP contribution in [-0.4, -0.2) is 31.5 Å². The molecular weight excluding hydrogens is 312 g/mol. The first kappa shape index (κ1) is 15.8. The number of carbonyl (C=O) groups excluding carboxylic acids is 1. The van der Waals surface area contributed by atoms with E-state index in [1.54, 1.807) is 24.1 Å². The Labute approximate surface area is 138 Å². The summed E-state index contributed by atoms with van der Waals surface area (Å²) < 4.78 is 11.0. The number of nitro benzene ring substituents is 1. The first-order valence-electron chi connectivity index (χ1n) is 7.42. The lowest BCUT2D eigenvalue weighted by molar-refractivity contribution is -0.384. The van der Waals surface area contributed by atoms with Crippen LogP contribution in [0.25, 0.3) is 0 Å². The van der Waals surface area contributed by atoms with E-state index in [-0.39, 0.29) is 11.3 Å². The lowest BCUT2D eigenvalue weighted by atomic mass is 10.1. The molecule has 0 fully saturated rings. The molecule has 24 heavy (non-hydrogen) atoms. The molecule has 0 aliphatic carbocycles. The van der Waals surface area contributed by atoms with E-state index in [0.29, 0.717) is 43.2 Å². The van der Waals surface area contributed by atoms with Crippen molar-refractivity contribution in [2.24, 2.45) is 0 Å². The fourth-order valence-electron chi connectivity index (χ4n) is 2.63. The predicted molar refractivity (Wildman–Crippen MR) is 88.0 cm³/mol. The smallest absolute Gasteiger partial charge is 0.293 e.